The average molecular weight is 319 g/mol. The molecule has 9 nitrogen and oxygen atoms in total. The van der Waals surface area contributed by atoms with E-state index in [1.54, 1.807) is 18.2 Å². The molecule has 2 aliphatic heterocycles. The van der Waals surface area contributed by atoms with Crippen LogP contribution in [0.2, 0.25) is 0 Å². The Morgan fingerprint density at radius 2 is 1.87 bits per heavy atom. The van der Waals surface area contributed by atoms with Crippen molar-refractivity contribution in [3.8, 4) is 0 Å². The standard InChI is InChI=1S/C13H13N3O3.CH4N2O/c14-9-3-1-2-7-8(9)6-16(13(7)19)10-4-5-11(17)15-12(10)18;2-1(3)4/h1-3,10H,4-6,14H2,(H,15,17,18);(H4,2,3,4)/t10-;/m1./s1. The zero-order chi connectivity index (χ0) is 17.1. The maximum atomic E-state index is 12.3. The molecular formula is C14H17N5O4. The predicted octanol–water partition coefficient (Wildman–Crippen LogP) is -0.946. The number of primary amides is 2. The molecule has 0 aliphatic carbocycles. The highest BCUT2D eigenvalue weighted by Crippen LogP contribution is 2.30. The number of nitrogens with one attached hydrogen (secondary N) is 1. The van der Waals surface area contributed by atoms with Crippen molar-refractivity contribution in [2.75, 3.05) is 5.73 Å². The fraction of sp³-hybridized carbons (Fsp3) is 0.286. The number of imide groups is 1. The Morgan fingerprint density at radius 1 is 1.22 bits per heavy atom. The molecule has 0 aromatic heterocycles. The van der Waals surface area contributed by atoms with Crippen LogP contribution < -0.4 is 22.5 Å². The van der Waals surface area contributed by atoms with Gasteiger partial charge in [-0.3, -0.25) is 19.7 Å². The summed E-state index contributed by atoms with van der Waals surface area (Å²) in [7, 11) is 0. The maximum absolute atomic E-state index is 12.3. The van der Waals surface area contributed by atoms with E-state index < -0.39 is 18.0 Å². The average Bonchev–Trinajstić information content (AvgIpc) is 2.77. The molecule has 0 bridgehead atoms. The summed E-state index contributed by atoms with van der Waals surface area (Å²) in [4.78, 5) is 45.7. The molecule has 0 radical (unpaired) electrons. The second-order valence-electron chi connectivity index (χ2n) is 5.18. The lowest BCUT2D eigenvalue weighted by Gasteiger charge is -2.29. The number of rotatable bonds is 1. The molecule has 0 saturated carbocycles. The molecule has 1 saturated heterocycles. The summed E-state index contributed by atoms with van der Waals surface area (Å²) < 4.78 is 0. The van der Waals surface area contributed by atoms with E-state index in [1.165, 1.54) is 4.90 Å². The van der Waals surface area contributed by atoms with Crippen molar-refractivity contribution >= 4 is 29.4 Å². The number of carbonyl (C=O) groups is 4. The number of carbonyl (C=O) groups excluding carboxylic acids is 4. The van der Waals surface area contributed by atoms with Crippen LogP contribution in [0, 0.1) is 0 Å². The topological polar surface area (TPSA) is 162 Å². The first-order chi connectivity index (χ1) is 10.8. The van der Waals surface area contributed by atoms with Crippen LogP contribution in [0.15, 0.2) is 18.2 Å². The second kappa shape index (κ2) is 6.34. The van der Waals surface area contributed by atoms with Crippen molar-refractivity contribution in [1.29, 1.82) is 0 Å². The van der Waals surface area contributed by atoms with E-state index in [-0.39, 0.29) is 18.2 Å². The van der Waals surface area contributed by atoms with E-state index in [0.717, 1.165) is 5.56 Å². The highest BCUT2D eigenvalue weighted by atomic mass is 16.2. The minimum absolute atomic E-state index is 0.197. The van der Waals surface area contributed by atoms with Crippen LogP contribution in [0.25, 0.3) is 0 Å². The van der Waals surface area contributed by atoms with E-state index in [0.29, 0.717) is 24.2 Å². The molecule has 2 aliphatic rings. The Hall–Kier alpha value is -3.10. The van der Waals surface area contributed by atoms with Gasteiger partial charge in [-0.1, -0.05) is 6.07 Å². The fourth-order valence-corrected chi connectivity index (χ4v) is 2.61. The lowest BCUT2D eigenvalue weighted by atomic mass is 10.0. The molecular weight excluding hydrogens is 302 g/mol. The van der Waals surface area contributed by atoms with E-state index in [1.807, 2.05) is 0 Å². The minimum atomic E-state index is -0.833. The van der Waals surface area contributed by atoms with Crippen LogP contribution in [-0.2, 0) is 16.1 Å². The normalized spacial score (nSPS) is 19.6. The van der Waals surface area contributed by atoms with Crippen molar-refractivity contribution in [1.82, 2.24) is 10.2 Å². The second-order valence-corrected chi connectivity index (χ2v) is 5.18. The number of anilines is 1. The van der Waals surface area contributed by atoms with Gasteiger partial charge in [-0.15, -0.1) is 0 Å². The summed E-state index contributed by atoms with van der Waals surface area (Å²) in [5.74, 6) is -0.891. The Balaban J connectivity index is 0.000000433. The fourth-order valence-electron chi connectivity index (χ4n) is 2.61. The Labute approximate surface area is 131 Å². The number of amides is 5. The third-order valence-electron chi connectivity index (χ3n) is 3.62. The summed E-state index contributed by atoms with van der Waals surface area (Å²) in [6.07, 6.45) is 0.621. The Kier molecular flexibility index (Phi) is 4.49. The van der Waals surface area contributed by atoms with Gasteiger partial charge in [-0.05, 0) is 18.6 Å². The molecule has 3 rings (SSSR count). The summed E-state index contributed by atoms with van der Waals surface area (Å²) in [5.41, 5.74) is 16.2. The molecule has 1 aromatic carbocycles. The summed E-state index contributed by atoms with van der Waals surface area (Å²) >= 11 is 0. The number of fused-ring (bicyclic) bond motifs is 1. The van der Waals surface area contributed by atoms with Crippen LogP contribution in [0.1, 0.15) is 28.8 Å². The van der Waals surface area contributed by atoms with Gasteiger partial charge >= 0.3 is 6.03 Å². The minimum Gasteiger partial charge on any atom is -0.398 e. The molecule has 122 valence electrons. The smallest absolute Gasteiger partial charge is 0.309 e. The third-order valence-corrected chi connectivity index (χ3v) is 3.62. The van der Waals surface area contributed by atoms with Crippen molar-refractivity contribution in [3.63, 3.8) is 0 Å². The molecule has 9 heteroatoms. The maximum Gasteiger partial charge on any atom is 0.309 e. The number of nitrogens with two attached hydrogens (primary N) is 3. The number of benzene rings is 1. The molecule has 7 N–H and O–H groups in total. The number of nitrogen functional groups attached to an aromatic ring is 1. The Morgan fingerprint density at radius 3 is 2.43 bits per heavy atom. The van der Waals surface area contributed by atoms with Crippen LogP contribution in [0.4, 0.5) is 10.5 Å². The monoisotopic (exact) mass is 319 g/mol. The van der Waals surface area contributed by atoms with Gasteiger partial charge in [0.05, 0.1) is 0 Å². The van der Waals surface area contributed by atoms with E-state index in [2.05, 4.69) is 16.8 Å². The van der Waals surface area contributed by atoms with Crippen molar-refractivity contribution < 1.29 is 19.2 Å². The first kappa shape index (κ1) is 16.3. The van der Waals surface area contributed by atoms with Crippen LogP contribution in [0.3, 0.4) is 0 Å². The molecule has 1 atom stereocenters. The van der Waals surface area contributed by atoms with Crippen molar-refractivity contribution in [2.24, 2.45) is 11.5 Å². The van der Waals surface area contributed by atoms with Gasteiger partial charge in [-0.25, -0.2) is 4.79 Å². The molecule has 0 spiro atoms. The van der Waals surface area contributed by atoms with Crippen LogP contribution in [0.5, 0.6) is 0 Å². The zero-order valence-corrected chi connectivity index (χ0v) is 12.2. The van der Waals surface area contributed by atoms with Gasteiger partial charge in [0, 0.05) is 29.8 Å². The van der Waals surface area contributed by atoms with E-state index in [4.69, 9.17) is 10.5 Å². The predicted molar refractivity (Wildman–Crippen MR) is 80.7 cm³/mol. The third kappa shape index (κ3) is 3.39. The highest BCUT2D eigenvalue weighted by Gasteiger charge is 2.39. The largest absolute Gasteiger partial charge is 0.398 e. The van der Waals surface area contributed by atoms with Crippen LogP contribution >= 0.6 is 0 Å². The zero-order valence-electron chi connectivity index (χ0n) is 12.2. The van der Waals surface area contributed by atoms with E-state index in [9.17, 15) is 14.4 Å². The van der Waals surface area contributed by atoms with Gasteiger partial charge in [0.15, 0.2) is 0 Å². The number of piperidine rings is 1. The quantitative estimate of drug-likeness (QED) is 0.387. The van der Waals surface area contributed by atoms with Gasteiger partial charge < -0.3 is 22.1 Å². The number of hydrogen-bond acceptors (Lipinski definition) is 5. The SMILES string of the molecule is NC(N)=O.Nc1cccc2c1CN([C@@H]1CCC(=O)NC1=O)C2=O. The summed E-state index contributed by atoms with van der Waals surface area (Å²) in [6, 6.07) is 3.75. The lowest BCUT2D eigenvalue weighted by Crippen LogP contribution is -2.52. The highest BCUT2D eigenvalue weighted by molar-refractivity contribution is 6.06. The van der Waals surface area contributed by atoms with Crippen LogP contribution in [-0.4, -0.2) is 34.7 Å². The molecule has 23 heavy (non-hydrogen) atoms. The number of nitrogens with zero attached hydrogens (tertiary/aromatic N) is 1. The summed E-state index contributed by atoms with van der Waals surface area (Å²) in [5, 5.41) is 2.27. The van der Waals surface area contributed by atoms with Gasteiger partial charge in [0.1, 0.15) is 6.04 Å². The van der Waals surface area contributed by atoms with Gasteiger partial charge in [-0.2, -0.15) is 0 Å². The molecule has 1 aromatic rings. The summed E-state index contributed by atoms with van der Waals surface area (Å²) in [6.45, 7) is 0.327. The first-order valence-corrected chi connectivity index (χ1v) is 6.88. The first-order valence-electron chi connectivity index (χ1n) is 6.88. The van der Waals surface area contributed by atoms with Gasteiger partial charge in [0.2, 0.25) is 11.8 Å². The Bertz CT molecular complexity index is 684. The molecule has 2 heterocycles. The number of hydrogen-bond donors (Lipinski definition) is 4. The molecule has 5 amide bonds. The van der Waals surface area contributed by atoms with Crippen molar-refractivity contribution in [3.05, 3.63) is 29.3 Å². The molecule has 1 fully saturated rings. The lowest BCUT2D eigenvalue weighted by molar-refractivity contribution is -0.136. The van der Waals surface area contributed by atoms with Crippen molar-refractivity contribution in [2.45, 2.75) is 25.4 Å². The molecule has 0 unspecified atom stereocenters. The van der Waals surface area contributed by atoms with E-state index >= 15 is 0 Å². The number of urea groups is 1. The van der Waals surface area contributed by atoms with Gasteiger partial charge in [0.25, 0.3) is 5.91 Å².